The quantitative estimate of drug-likeness (QED) is 0.572. The molecule has 1 aromatic rings. The molecule has 0 aromatic carbocycles. The third-order valence-electron chi connectivity index (χ3n) is 2.33. The number of rotatable bonds is 4. The van der Waals surface area contributed by atoms with Crippen molar-refractivity contribution >= 4 is 11.4 Å². The van der Waals surface area contributed by atoms with Crippen LogP contribution in [0.25, 0.3) is 0 Å². The lowest BCUT2D eigenvalue weighted by molar-refractivity contribution is -0.384. The molecule has 0 N–H and O–H groups in total. The SMILES string of the molecule is CN(C)c1c(OC2CC2)cncc1[N+](=O)[O-]. The van der Waals surface area contributed by atoms with Crippen molar-refractivity contribution < 1.29 is 9.66 Å². The van der Waals surface area contributed by atoms with Gasteiger partial charge in [-0.1, -0.05) is 0 Å². The summed E-state index contributed by atoms with van der Waals surface area (Å²) in [6.07, 6.45) is 4.99. The highest BCUT2D eigenvalue weighted by Crippen LogP contribution is 2.38. The number of aromatic nitrogens is 1. The molecule has 86 valence electrons. The zero-order valence-electron chi connectivity index (χ0n) is 9.21. The van der Waals surface area contributed by atoms with Crippen LogP contribution in [0, 0.1) is 10.1 Å². The molecule has 1 saturated carbocycles. The Morgan fingerprint density at radius 2 is 2.19 bits per heavy atom. The van der Waals surface area contributed by atoms with Crippen LogP contribution in [0.3, 0.4) is 0 Å². The Kier molecular flexibility index (Phi) is 2.64. The molecule has 0 aliphatic heterocycles. The van der Waals surface area contributed by atoms with Gasteiger partial charge in [-0.3, -0.25) is 15.1 Å². The summed E-state index contributed by atoms with van der Waals surface area (Å²) >= 11 is 0. The highest BCUT2D eigenvalue weighted by molar-refractivity contribution is 5.69. The van der Waals surface area contributed by atoms with Gasteiger partial charge in [-0.05, 0) is 12.8 Å². The summed E-state index contributed by atoms with van der Waals surface area (Å²) in [6.45, 7) is 0. The smallest absolute Gasteiger partial charge is 0.314 e. The molecule has 0 radical (unpaired) electrons. The molecule has 0 unspecified atom stereocenters. The molecule has 6 nitrogen and oxygen atoms in total. The van der Waals surface area contributed by atoms with E-state index in [-0.39, 0.29) is 11.8 Å². The number of nitrogens with zero attached hydrogens (tertiary/aromatic N) is 3. The molecule has 1 aromatic heterocycles. The first-order valence-corrected chi connectivity index (χ1v) is 5.06. The van der Waals surface area contributed by atoms with Gasteiger partial charge in [-0.15, -0.1) is 0 Å². The van der Waals surface area contributed by atoms with Crippen LogP contribution in [0.15, 0.2) is 12.4 Å². The molecule has 0 bridgehead atoms. The van der Waals surface area contributed by atoms with Crippen LogP contribution in [-0.4, -0.2) is 30.1 Å². The Hall–Kier alpha value is -1.85. The molecule has 1 fully saturated rings. The van der Waals surface area contributed by atoms with E-state index in [1.165, 1.54) is 12.4 Å². The first-order valence-electron chi connectivity index (χ1n) is 5.06. The number of anilines is 1. The summed E-state index contributed by atoms with van der Waals surface area (Å²) < 4.78 is 5.60. The Morgan fingerprint density at radius 1 is 1.50 bits per heavy atom. The second kappa shape index (κ2) is 3.96. The van der Waals surface area contributed by atoms with Crippen LogP contribution in [0.1, 0.15) is 12.8 Å². The van der Waals surface area contributed by atoms with Gasteiger partial charge in [0.05, 0.1) is 17.2 Å². The molecule has 2 rings (SSSR count). The molecule has 16 heavy (non-hydrogen) atoms. The largest absolute Gasteiger partial charge is 0.486 e. The lowest BCUT2D eigenvalue weighted by Gasteiger charge is -2.16. The van der Waals surface area contributed by atoms with Gasteiger partial charge in [-0.25, -0.2) is 0 Å². The van der Waals surface area contributed by atoms with Crippen LogP contribution in [0.5, 0.6) is 5.75 Å². The number of pyridine rings is 1. The summed E-state index contributed by atoms with van der Waals surface area (Å²) in [6, 6.07) is 0. The normalized spacial score (nSPS) is 14.6. The van der Waals surface area contributed by atoms with E-state index < -0.39 is 4.92 Å². The van der Waals surface area contributed by atoms with E-state index in [9.17, 15) is 10.1 Å². The van der Waals surface area contributed by atoms with Crippen LogP contribution < -0.4 is 9.64 Å². The van der Waals surface area contributed by atoms with Gasteiger partial charge in [-0.2, -0.15) is 0 Å². The lowest BCUT2D eigenvalue weighted by Crippen LogP contribution is -2.14. The summed E-state index contributed by atoms with van der Waals surface area (Å²) in [4.78, 5) is 15.9. The van der Waals surface area contributed by atoms with Crippen LogP contribution in [0.4, 0.5) is 11.4 Å². The van der Waals surface area contributed by atoms with Crippen molar-refractivity contribution in [2.24, 2.45) is 0 Å². The van der Waals surface area contributed by atoms with E-state index in [0.717, 1.165) is 12.8 Å². The van der Waals surface area contributed by atoms with Crippen molar-refractivity contribution in [3.05, 3.63) is 22.5 Å². The Morgan fingerprint density at radius 3 is 2.69 bits per heavy atom. The molecule has 0 amide bonds. The van der Waals surface area contributed by atoms with E-state index in [0.29, 0.717) is 11.4 Å². The second-order valence-corrected chi connectivity index (χ2v) is 3.97. The summed E-state index contributed by atoms with van der Waals surface area (Å²) in [5, 5.41) is 10.9. The first kappa shape index (κ1) is 10.7. The maximum atomic E-state index is 10.9. The Labute approximate surface area is 93.0 Å². The van der Waals surface area contributed by atoms with Gasteiger partial charge in [0.1, 0.15) is 6.20 Å². The van der Waals surface area contributed by atoms with Crippen molar-refractivity contribution in [1.82, 2.24) is 4.98 Å². The minimum absolute atomic E-state index is 0.0249. The fourth-order valence-corrected chi connectivity index (χ4v) is 1.46. The maximum absolute atomic E-state index is 10.9. The fourth-order valence-electron chi connectivity index (χ4n) is 1.46. The Bertz CT molecular complexity index is 416. The number of ether oxygens (including phenoxy) is 1. The lowest BCUT2D eigenvalue weighted by atomic mass is 10.3. The molecule has 1 aliphatic carbocycles. The van der Waals surface area contributed by atoms with Crippen molar-refractivity contribution in [2.75, 3.05) is 19.0 Å². The average Bonchev–Trinajstić information content (AvgIpc) is 3.00. The van der Waals surface area contributed by atoms with Gasteiger partial charge < -0.3 is 9.64 Å². The average molecular weight is 223 g/mol. The zero-order chi connectivity index (χ0) is 11.7. The predicted molar refractivity (Wildman–Crippen MR) is 58.9 cm³/mol. The van der Waals surface area contributed by atoms with Crippen LogP contribution in [-0.2, 0) is 0 Å². The molecule has 0 spiro atoms. The van der Waals surface area contributed by atoms with Crippen molar-refractivity contribution in [1.29, 1.82) is 0 Å². The second-order valence-electron chi connectivity index (χ2n) is 3.97. The minimum atomic E-state index is -0.442. The Balaban J connectivity index is 2.41. The highest BCUT2D eigenvalue weighted by Gasteiger charge is 2.28. The summed E-state index contributed by atoms with van der Waals surface area (Å²) in [7, 11) is 3.50. The van der Waals surface area contributed by atoms with Gasteiger partial charge in [0.25, 0.3) is 0 Å². The maximum Gasteiger partial charge on any atom is 0.314 e. The molecule has 1 heterocycles. The number of nitro groups is 1. The van der Waals surface area contributed by atoms with Crippen molar-refractivity contribution in [2.45, 2.75) is 18.9 Å². The zero-order valence-corrected chi connectivity index (χ0v) is 9.21. The minimum Gasteiger partial charge on any atom is -0.486 e. The fraction of sp³-hybridized carbons (Fsp3) is 0.500. The van der Waals surface area contributed by atoms with E-state index in [2.05, 4.69) is 4.98 Å². The number of hydrogen-bond donors (Lipinski definition) is 0. The standard InChI is InChI=1S/C10H13N3O3/c1-12(2)10-8(13(14)15)5-11-6-9(10)16-7-3-4-7/h5-7H,3-4H2,1-2H3. The number of hydrogen-bond acceptors (Lipinski definition) is 5. The van der Waals surface area contributed by atoms with Gasteiger partial charge >= 0.3 is 5.69 Å². The van der Waals surface area contributed by atoms with Crippen molar-refractivity contribution in [3.63, 3.8) is 0 Å². The topological polar surface area (TPSA) is 68.5 Å². The monoisotopic (exact) mass is 223 g/mol. The molecular formula is C10H13N3O3. The van der Waals surface area contributed by atoms with E-state index in [1.54, 1.807) is 19.0 Å². The van der Waals surface area contributed by atoms with Crippen LogP contribution >= 0.6 is 0 Å². The van der Waals surface area contributed by atoms with Gasteiger partial charge in [0.2, 0.25) is 0 Å². The van der Waals surface area contributed by atoms with Gasteiger partial charge in [0, 0.05) is 14.1 Å². The van der Waals surface area contributed by atoms with Gasteiger partial charge in [0.15, 0.2) is 11.4 Å². The third kappa shape index (κ3) is 2.05. The summed E-state index contributed by atoms with van der Waals surface area (Å²) in [5.74, 6) is 0.488. The van der Waals surface area contributed by atoms with Crippen molar-refractivity contribution in [3.8, 4) is 5.75 Å². The molecule has 6 heteroatoms. The highest BCUT2D eigenvalue weighted by atomic mass is 16.6. The van der Waals surface area contributed by atoms with E-state index >= 15 is 0 Å². The molecule has 0 atom stereocenters. The third-order valence-corrected chi connectivity index (χ3v) is 2.33. The van der Waals surface area contributed by atoms with E-state index in [1.807, 2.05) is 0 Å². The molecular weight excluding hydrogens is 210 g/mol. The van der Waals surface area contributed by atoms with Crippen LogP contribution in [0.2, 0.25) is 0 Å². The summed E-state index contributed by atoms with van der Waals surface area (Å²) in [5.41, 5.74) is 0.454. The van der Waals surface area contributed by atoms with E-state index in [4.69, 9.17) is 4.74 Å². The first-order chi connectivity index (χ1) is 7.59. The molecule has 0 saturated heterocycles. The predicted octanol–water partition coefficient (Wildman–Crippen LogP) is 1.60. The molecule has 1 aliphatic rings.